The van der Waals surface area contributed by atoms with Gasteiger partial charge in [-0.05, 0) is 35.4 Å². The Bertz CT molecular complexity index is 980. The quantitative estimate of drug-likeness (QED) is 0.480. The lowest BCUT2D eigenvalue weighted by Gasteiger charge is -2.16. The van der Waals surface area contributed by atoms with Gasteiger partial charge in [-0.15, -0.1) is 0 Å². The molecule has 132 valence electrons. The molecule has 0 saturated carbocycles. The SMILES string of the molecule is C=Cc1ccc2cc(C(=O)C(C)C(=O)C(F)(F)S(=O)(=O)O)ccc2c1. The zero-order valence-corrected chi connectivity index (χ0v) is 13.9. The highest BCUT2D eigenvalue weighted by Crippen LogP contribution is 2.28. The lowest BCUT2D eigenvalue weighted by atomic mass is 9.93. The van der Waals surface area contributed by atoms with Crippen molar-refractivity contribution in [1.82, 2.24) is 0 Å². The summed E-state index contributed by atoms with van der Waals surface area (Å²) in [5.41, 5.74) is 0.828. The molecular weight excluding hydrogens is 354 g/mol. The van der Waals surface area contributed by atoms with Crippen molar-refractivity contribution in [3.8, 4) is 0 Å². The van der Waals surface area contributed by atoms with Gasteiger partial charge in [0.25, 0.3) is 0 Å². The molecule has 1 unspecified atom stereocenters. The number of alkyl halides is 2. The number of Topliss-reactive ketones (excluding diaryl/α,β-unsaturated/α-hetero) is 2. The van der Waals surface area contributed by atoms with Gasteiger partial charge in [-0.25, -0.2) is 0 Å². The molecule has 2 aromatic rings. The fourth-order valence-corrected chi connectivity index (χ4v) is 2.72. The van der Waals surface area contributed by atoms with Gasteiger partial charge in [-0.1, -0.05) is 36.9 Å². The second kappa shape index (κ2) is 6.45. The summed E-state index contributed by atoms with van der Waals surface area (Å²) in [5, 5.41) is -3.63. The Morgan fingerprint density at radius 2 is 1.72 bits per heavy atom. The van der Waals surface area contributed by atoms with Gasteiger partial charge in [0.2, 0.25) is 5.78 Å². The summed E-state index contributed by atoms with van der Waals surface area (Å²) < 4.78 is 56.7. The molecule has 1 N–H and O–H groups in total. The number of hydrogen-bond donors (Lipinski definition) is 1. The van der Waals surface area contributed by atoms with Crippen LogP contribution in [0.4, 0.5) is 8.78 Å². The van der Waals surface area contributed by atoms with E-state index >= 15 is 0 Å². The number of fused-ring (bicyclic) bond motifs is 1. The molecule has 8 heteroatoms. The van der Waals surface area contributed by atoms with Crippen molar-refractivity contribution in [2.24, 2.45) is 5.92 Å². The first-order chi connectivity index (χ1) is 11.5. The van der Waals surface area contributed by atoms with Gasteiger partial charge in [0.15, 0.2) is 5.78 Å². The number of carbonyl (C=O) groups is 2. The van der Waals surface area contributed by atoms with Crippen molar-refractivity contribution in [2.75, 3.05) is 0 Å². The Labute approximate surface area is 142 Å². The maximum Gasteiger partial charge on any atom is 0.427 e. The van der Waals surface area contributed by atoms with Gasteiger partial charge in [0, 0.05) is 5.56 Å². The smallest absolute Gasteiger partial charge is 0.293 e. The van der Waals surface area contributed by atoms with Crippen LogP contribution >= 0.6 is 0 Å². The Hall–Kier alpha value is -2.45. The van der Waals surface area contributed by atoms with Gasteiger partial charge in [0.1, 0.15) is 0 Å². The van der Waals surface area contributed by atoms with Crippen LogP contribution in [-0.4, -0.2) is 29.8 Å². The Morgan fingerprint density at radius 1 is 1.16 bits per heavy atom. The molecule has 0 spiro atoms. The highest BCUT2D eigenvalue weighted by molar-refractivity contribution is 7.87. The summed E-state index contributed by atoms with van der Waals surface area (Å²) in [7, 11) is -5.95. The van der Waals surface area contributed by atoms with Crippen LogP contribution in [0, 0.1) is 5.92 Å². The highest BCUT2D eigenvalue weighted by Gasteiger charge is 2.54. The van der Waals surface area contributed by atoms with Crippen LogP contribution in [0.2, 0.25) is 0 Å². The molecule has 0 aliphatic rings. The van der Waals surface area contributed by atoms with E-state index in [2.05, 4.69) is 6.58 Å². The molecule has 2 rings (SSSR count). The van der Waals surface area contributed by atoms with Crippen molar-refractivity contribution in [3.05, 3.63) is 54.1 Å². The fraction of sp³-hybridized carbons (Fsp3) is 0.176. The van der Waals surface area contributed by atoms with Crippen LogP contribution < -0.4 is 0 Å². The topological polar surface area (TPSA) is 88.5 Å². The summed E-state index contributed by atoms with van der Waals surface area (Å²) in [6.07, 6.45) is 1.64. The standard InChI is InChI=1S/C17H14F2O5S/c1-3-11-4-5-13-9-14(7-6-12(13)8-11)15(20)10(2)16(21)17(18,19)25(22,23)24/h3-10H,1H2,2H3,(H,22,23,24). The molecule has 0 radical (unpaired) electrons. The van der Waals surface area contributed by atoms with Crippen LogP contribution in [0.1, 0.15) is 22.8 Å². The van der Waals surface area contributed by atoms with E-state index in [-0.39, 0.29) is 5.56 Å². The maximum absolute atomic E-state index is 13.4. The number of hydrogen-bond acceptors (Lipinski definition) is 4. The first kappa shape index (κ1) is 18.9. The van der Waals surface area contributed by atoms with E-state index < -0.39 is 32.9 Å². The molecule has 2 aromatic carbocycles. The van der Waals surface area contributed by atoms with Crippen LogP contribution in [0.5, 0.6) is 0 Å². The normalized spacial score (nSPS) is 13.4. The van der Waals surface area contributed by atoms with Crippen molar-refractivity contribution < 1.29 is 31.3 Å². The van der Waals surface area contributed by atoms with Crippen LogP contribution in [0.15, 0.2) is 43.0 Å². The molecule has 0 aliphatic carbocycles. The van der Waals surface area contributed by atoms with Gasteiger partial charge in [-0.2, -0.15) is 17.2 Å². The molecule has 0 fully saturated rings. The Balaban J connectivity index is 2.38. The summed E-state index contributed by atoms with van der Waals surface area (Å²) in [6.45, 7) is 4.51. The van der Waals surface area contributed by atoms with Crippen molar-refractivity contribution in [2.45, 2.75) is 12.2 Å². The number of ketones is 2. The van der Waals surface area contributed by atoms with E-state index in [1.165, 1.54) is 12.1 Å². The lowest BCUT2D eigenvalue weighted by Crippen LogP contribution is -2.43. The molecule has 1 atom stereocenters. The van der Waals surface area contributed by atoms with Crippen LogP contribution in [0.25, 0.3) is 16.8 Å². The molecule has 5 nitrogen and oxygen atoms in total. The summed E-state index contributed by atoms with van der Waals surface area (Å²) in [5.74, 6) is -5.09. The Morgan fingerprint density at radius 3 is 2.28 bits per heavy atom. The molecule has 25 heavy (non-hydrogen) atoms. The second-order valence-electron chi connectivity index (χ2n) is 5.47. The average molecular weight is 368 g/mol. The van der Waals surface area contributed by atoms with Gasteiger partial charge < -0.3 is 0 Å². The van der Waals surface area contributed by atoms with E-state index in [0.29, 0.717) is 5.39 Å². The molecule has 0 bridgehead atoms. The van der Waals surface area contributed by atoms with E-state index in [9.17, 15) is 26.8 Å². The van der Waals surface area contributed by atoms with E-state index in [0.717, 1.165) is 17.9 Å². The molecule has 0 saturated heterocycles. The van der Waals surface area contributed by atoms with Gasteiger partial charge in [-0.3, -0.25) is 14.1 Å². The highest BCUT2D eigenvalue weighted by atomic mass is 32.2. The largest absolute Gasteiger partial charge is 0.427 e. The van der Waals surface area contributed by atoms with Crippen LogP contribution in [-0.2, 0) is 14.9 Å². The number of carbonyl (C=O) groups excluding carboxylic acids is 2. The predicted octanol–water partition coefficient (Wildman–Crippen LogP) is 3.35. The minimum absolute atomic E-state index is 0.0224. The second-order valence-corrected chi connectivity index (χ2v) is 6.93. The predicted molar refractivity (Wildman–Crippen MR) is 89.0 cm³/mol. The molecule has 0 aliphatic heterocycles. The number of rotatable bonds is 6. The summed E-state index contributed by atoms with van der Waals surface area (Å²) in [6, 6.07) is 9.59. The fourth-order valence-electron chi connectivity index (χ4n) is 2.29. The zero-order valence-electron chi connectivity index (χ0n) is 13.1. The third kappa shape index (κ3) is 3.49. The molecule has 0 heterocycles. The minimum Gasteiger partial charge on any atom is -0.293 e. The maximum atomic E-state index is 13.4. The molecule has 0 aromatic heterocycles. The average Bonchev–Trinajstić information content (AvgIpc) is 2.57. The lowest BCUT2D eigenvalue weighted by molar-refractivity contribution is -0.136. The summed E-state index contributed by atoms with van der Waals surface area (Å²) >= 11 is 0. The molecular formula is C17H14F2O5S. The first-order valence-electron chi connectivity index (χ1n) is 7.08. The van der Waals surface area contributed by atoms with Crippen molar-refractivity contribution in [1.29, 1.82) is 0 Å². The summed E-state index contributed by atoms with van der Waals surface area (Å²) in [4.78, 5) is 23.9. The van der Waals surface area contributed by atoms with E-state index in [4.69, 9.17) is 4.55 Å². The van der Waals surface area contributed by atoms with Gasteiger partial charge in [0.05, 0.1) is 5.92 Å². The zero-order chi connectivity index (χ0) is 19.0. The van der Waals surface area contributed by atoms with E-state index in [1.807, 2.05) is 0 Å². The first-order valence-corrected chi connectivity index (χ1v) is 8.52. The van der Waals surface area contributed by atoms with E-state index in [1.54, 1.807) is 30.3 Å². The van der Waals surface area contributed by atoms with Crippen molar-refractivity contribution in [3.63, 3.8) is 0 Å². The minimum atomic E-state index is -5.95. The monoisotopic (exact) mass is 368 g/mol. The van der Waals surface area contributed by atoms with Gasteiger partial charge >= 0.3 is 15.4 Å². The molecule has 0 amide bonds. The number of benzene rings is 2. The Kier molecular flexibility index (Phi) is 4.87. The number of halogens is 2. The third-order valence-electron chi connectivity index (χ3n) is 3.78. The van der Waals surface area contributed by atoms with Crippen molar-refractivity contribution >= 4 is 38.5 Å². The van der Waals surface area contributed by atoms with Crippen LogP contribution in [0.3, 0.4) is 0 Å². The third-order valence-corrected chi connectivity index (χ3v) is 4.63.